The Balaban J connectivity index is 1.73. The molecule has 0 saturated carbocycles. The van der Waals surface area contributed by atoms with Gasteiger partial charge in [0, 0.05) is 12.0 Å². The van der Waals surface area contributed by atoms with Crippen LogP contribution in [0.1, 0.15) is 18.1 Å². The number of fused-ring (bicyclic) bond motifs is 1. The van der Waals surface area contributed by atoms with Crippen molar-refractivity contribution in [3.8, 4) is 11.5 Å². The van der Waals surface area contributed by atoms with Crippen LogP contribution in [0.3, 0.4) is 0 Å². The lowest BCUT2D eigenvalue weighted by Gasteiger charge is -2.30. The fraction of sp³-hybridized carbons (Fsp3) is 0.350. The minimum atomic E-state index is -0.427. The van der Waals surface area contributed by atoms with Gasteiger partial charge in [0.1, 0.15) is 12.4 Å². The molecule has 138 valence electrons. The molecule has 2 aromatic rings. The van der Waals surface area contributed by atoms with Crippen LogP contribution in [0.2, 0.25) is 0 Å². The standard InChI is InChI=1S/C20H23FN2O3/c1-13(20(24)22-17-7-5-4-6-16(17)21)23-9-8-14-10-18(25-2)19(26-3)11-15(14)12-23/h4-7,10-11,13H,8-9,12H2,1-3H3,(H,22,24)/p+1/t13-/m0/s1. The highest BCUT2D eigenvalue weighted by molar-refractivity contribution is 5.93. The maximum Gasteiger partial charge on any atom is 0.282 e. The molecule has 0 bridgehead atoms. The summed E-state index contributed by atoms with van der Waals surface area (Å²) in [5.41, 5.74) is 2.58. The van der Waals surface area contributed by atoms with Gasteiger partial charge in [-0.3, -0.25) is 4.79 Å². The van der Waals surface area contributed by atoms with Crippen LogP contribution in [-0.4, -0.2) is 32.7 Å². The second-order valence-corrected chi connectivity index (χ2v) is 6.50. The van der Waals surface area contributed by atoms with Crippen LogP contribution in [0.4, 0.5) is 10.1 Å². The molecule has 0 radical (unpaired) electrons. The first-order chi connectivity index (χ1) is 12.5. The number of carbonyl (C=O) groups excluding carboxylic acids is 1. The Hall–Kier alpha value is -2.60. The fourth-order valence-electron chi connectivity index (χ4n) is 3.35. The summed E-state index contributed by atoms with van der Waals surface area (Å²) in [5, 5.41) is 2.69. The number of methoxy groups -OCH3 is 2. The van der Waals surface area contributed by atoms with Crippen LogP contribution < -0.4 is 19.7 Å². The van der Waals surface area contributed by atoms with Crippen molar-refractivity contribution in [2.45, 2.75) is 25.9 Å². The lowest BCUT2D eigenvalue weighted by Crippen LogP contribution is -3.16. The van der Waals surface area contributed by atoms with Crippen molar-refractivity contribution in [2.75, 3.05) is 26.1 Å². The first-order valence-electron chi connectivity index (χ1n) is 8.67. The quantitative estimate of drug-likeness (QED) is 0.856. The molecule has 2 N–H and O–H groups in total. The average molecular weight is 359 g/mol. The Morgan fingerprint density at radius 2 is 1.81 bits per heavy atom. The van der Waals surface area contributed by atoms with Gasteiger partial charge in [-0.25, -0.2) is 4.39 Å². The van der Waals surface area contributed by atoms with Crippen LogP contribution in [0, 0.1) is 5.82 Å². The van der Waals surface area contributed by atoms with Crippen LogP contribution in [0.15, 0.2) is 36.4 Å². The Morgan fingerprint density at radius 3 is 2.46 bits per heavy atom. The van der Waals surface area contributed by atoms with Gasteiger partial charge in [-0.05, 0) is 36.8 Å². The second-order valence-electron chi connectivity index (χ2n) is 6.50. The predicted octanol–water partition coefficient (Wildman–Crippen LogP) is 1.81. The molecule has 0 spiro atoms. The molecular formula is C20H24FN2O3+. The van der Waals surface area contributed by atoms with E-state index in [0.717, 1.165) is 29.2 Å². The van der Waals surface area contributed by atoms with E-state index in [1.165, 1.54) is 11.6 Å². The molecule has 26 heavy (non-hydrogen) atoms. The first kappa shape index (κ1) is 18.2. The van der Waals surface area contributed by atoms with Crippen LogP contribution in [0.25, 0.3) is 0 Å². The smallest absolute Gasteiger partial charge is 0.282 e. The van der Waals surface area contributed by atoms with E-state index in [0.29, 0.717) is 12.3 Å². The lowest BCUT2D eigenvalue weighted by atomic mass is 9.97. The number of ether oxygens (including phenoxy) is 2. The van der Waals surface area contributed by atoms with E-state index in [4.69, 9.17) is 9.47 Å². The summed E-state index contributed by atoms with van der Waals surface area (Å²) in [6.07, 6.45) is 0.850. The van der Waals surface area contributed by atoms with E-state index < -0.39 is 5.82 Å². The van der Waals surface area contributed by atoms with Gasteiger partial charge in [-0.1, -0.05) is 12.1 Å². The number of anilines is 1. The zero-order valence-electron chi connectivity index (χ0n) is 15.3. The molecule has 2 aromatic carbocycles. The minimum Gasteiger partial charge on any atom is -0.493 e. The van der Waals surface area contributed by atoms with Crippen molar-refractivity contribution in [1.82, 2.24) is 0 Å². The maximum atomic E-state index is 13.8. The summed E-state index contributed by atoms with van der Waals surface area (Å²) < 4.78 is 24.5. The van der Waals surface area contributed by atoms with Crippen molar-refractivity contribution in [3.05, 3.63) is 53.3 Å². The summed E-state index contributed by atoms with van der Waals surface area (Å²) in [4.78, 5) is 13.7. The monoisotopic (exact) mass is 359 g/mol. The summed E-state index contributed by atoms with van der Waals surface area (Å²) in [6, 6.07) is 9.90. The third kappa shape index (κ3) is 3.65. The highest BCUT2D eigenvalue weighted by Crippen LogP contribution is 2.31. The molecule has 0 aromatic heterocycles. The first-order valence-corrected chi connectivity index (χ1v) is 8.67. The summed E-state index contributed by atoms with van der Waals surface area (Å²) in [7, 11) is 3.24. The van der Waals surface area contributed by atoms with E-state index in [2.05, 4.69) is 5.32 Å². The molecule has 0 saturated heterocycles. The van der Waals surface area contributed by atoms with E-state index in [1.54, 1.807) is 32.4 Å². The highest BCUT2D eigenvalue weighted by Gasteiger charge is 2.30. The van der Waals surface area contributed by atoms with Crippen molar-refractivity contribution in [3.63, 3.8) is 0 Å². The molecule has 1 heterocycles. The molecule has 3 rings (SSSR count). The second kappa shape index (κ2) is 7.74. The Labute approximate surface area is 152 Å². The number of rotatable bonds is 5. The van der Waals surface area contributed by atoms with Gasteiger partial charge >= 0.3 is 0 Å². The highest BCUT2D eigenvalue weighted by atomic mass is 19.1. The number of hydrogen-bond donors (Lipinski definition) is 2. The number of hydrogen-bond acceptors (Lipinski definition) is 3. The number of halogens is 1. The molecule has 1 aliphatic rings. The molecule has 5 nitrogen and oxygen atoms in total. The Morgan fingerprint density at radius 1 is 1.15 bits per heavy atom. The van der Waals surface area contributed by atoms with Crippen LogP contribution >= 0.6 is 0 Å². The lowest BCUT2D eigenvalue weighted by molar-refractivity contribution is -0.929. The summed E-state index contributed by atoms with van der Waals surface area (Å²) >= 11 is 0. The number of amides is 1. The third-order valence-electron chi connectivity index (χ3n) is 4.98. The number of carbonyl (C=O) groups is 1. The van der Waals surface area contributed by atoms with Crippen LogP contribution in [0.5, 0.6) is 11.5 Å². The minimum absolute atomic E-state index is 0.186. The zero-order valence-corrected chi connectivity index (χ0v) is 15.3. The summed E-state index contributed by atoms with van der Waals surface area (Å²) in [6.45, 7) is 3.41. The van der Waals surface area contributed by atoms with Gasteiger partial charge < -0.3 is 19.7 Å². The van der Waals surface area contributed by atoms with Gasteiger partial charge in [-0.15, -0.1) is 0 Å². The van der Waals surface area contributed by atoms with Gasteiger partial charge in [0.05, 0.1) is 26.5 Å². The Kier molecular flexibility index (Phi) is 5.42. The molecule has 0 fully saturated rings. The van der Waals surface area contributed by atoms with Gasteiger partial charge in [0.15, 0.2) is 17.5 Å². The van der Waals surface area contributed by atoms with Crippen molar-refractivity contribution in [1.29, 1.82) is 0 Å². The molecule has 2 atom stereocenters. The SMILES string of the molecule is COc1cc2c(cc1OC)C[NH+]([C@@H](C)C(=O)Nc1ccccc1F)CC2. The number of quaternary nitrogens is 1. The van der Waals surface area contributed by atoms with Gasteiger partial charge in [0.2, 0.25) is 0 Å². The molecular weight excluding hydrogens is 335 g/mol. The van der Waals surface area contributed by atoms with Crippen molar-refractivity contribution < 1.29 is 23.6 Å². The normalized spacial score (nSPS) is 17.2. The fourth-order valence-corrected chi connectivity index (χ4v) is 3.35. The van der Waals surface area contributed by atoms with E-state index >= 15 is 0 Å². The number of nitrogens with one attached hydrogen (secondary N) is 2. The molecule has 6 heteroatoms. The maximum absolute atomic E-state index is 13.8. The van der Waals surface area contributed by atoms with Crippen molar-refractivity contribution >= 4 is 11.6 Å². The Bertz CT molecular complexity index is 810. The topological polar surface area (TPSA) is 52.0 Å². The van der Waals surface area contributed by atoms with Gasteiger partial charge in [0.25, 0.3) is 5.91 Å². The molecule has 1 aliphatic heterocycles. The molecule has 1 unspecified atom stereocenters. The zero-order chi connectivity index (χ0) is 18.7. The summed E-state index contributed by atoms with van der Waals surface area (Å²) in [5.74, 6) is 0.800. The molecule has 1 amide bonds. The number of para-hydroxylation sites is 1. The largest absolute Gasteiger partial charge is 0.493 e. The molecule has 0 aliphatic carbocycles. The van der Waals surface area contributed by atoms with E-state index in [9.17, 15) is 9.18 Å². The van der Waals surface area contributed by atoms with Crippen molar-refractivity contribution in [2.24, 2.45) is 0 Å². The average Bonchev–Trinajstić information content (AvgIpc) is 2.67. The van der Waals surface area contributed by atoms with E-state index in [-0.39, 0.29) is 17.6 Å². The van der Waals surface area contributed by atoms with E-state index in [1.807, 2.05) is 19.1 Å². The van der Waals surface area contributed by atoms with Gasteiger partial charge in [-0.2, -0.15) is 0 Å². The van der Waals surface area contributed by atoms with Crippen LogP contribution in [-0.2, 0) is 17.8 Å². The third-order valence-corrected chi connectivity index (χ3v) is 4.98. The predicted molar refractivity (Wildman–Crippen MR) is 97.3 cm³/mol. The number of benzene rings is 2.